The van der Waals surface area contributed by atoms with E-state index in [-0.39, 0.29) is 28.3 Å². The van der Waals surface area contributed by atoms with Crippen LogP contribution >= 0.6 is 11.8 Å². The fraction of sp³-hybridized carbons (Fsp3) is 0.273. The average molecular weight is 504 g/mol. The van der Waals surface area contributed by atoms with E-state index in [1.165, 1.54) is 12.1 Å². The van der Waals surface area contributed by atoms with Gasteiger partial charge in [-0.15, -0.1) is 5.10 Å². The van der Waals surface area contributed by atoms with Crippen molar-refractivity contribution in [3.8, 4) is 5.75 Å². The van der Waals surface area contributed by atoms with Crippen molar-refractivity contribution in [2.45, 2.75) is 29.9 Å². The first kappa shape index (κ1) is 25.4. The van der Waals surface area contributed by atoms with Crippen LogP contribution in [0.1, 0.15) is 24.5 Å². The molecule has 0 radical (unpaired) electrons. The Bertz CT molecular complexity index is 1210. The molecule has 0 aromatic heterocycles. The van der Waals surface area contributed by atoms with Crippen LogP contribution in [0.3, 0.4) is 0 Å². The molecule has 0 spiro atoms. The van der Waals surface area contributed by atoms with Crippen LogP contribution in [0.25, 0.3) is 0 Å². The summed E-state index contributed by atoms with van der Waals surface area (Å²) in [6, 6.07) is 13.5. The molecule has 0 unspecified atom stereocenters. The van der Waals surface area contributed by atoms with Crippen LogP contribution in [0.5, 0.6) is 5.75 Å². The molecule has 1 fully saturated rings. The van der Waals surface area contributed by atoms with Gasteiger partial charge in [0.1, 0.15) is 5.75 Å². The number of hydrogen-bond donors (Lipinski definition) is 3. The molecule has 2 amide bonds. The molecule has 2 aromatic carbocycles. The zero-order valence-electron chi connectivity index (χ0n) is 18.6. The normalized spacial score (nSPS) is 17.9. The van der Waals surface area contributed by atoms with Gasteiger partial charge in [0, 0.05) is 13.0 Å². The maximum atomic E-state index is 12.6. The summed E-state index contributed by atoms with van der Waals surface area (Å²) in [6.45, 7) is 2.12. The first-order chi connectivity index (χ1) is 16.2. The average Bonchev–Trinajstić information content (AvgIpc) is 2.82. The predicted molar refractivity (Wildman–Crippen MR) is 131 cm³/mol. The maximum Gasteiger partial charge on any atom is 0.238 e. The Morgan fingerprint density at radius 1 is 1.21 bits per heavy atom. The standard InChI is InChI=1S/C22H25N5O5S2/c1-14(16-5-7-17(32-2)8-6-16)26-27-22-25-20(28)13-19(33-22)21(29)24-12-11-15-3-9-18(10-4-15)34(23,30)31/h3-10,19H,11-13H2,1-2H3,(H,24,29)(H2,23,30,31)(H,25,27,28)/b26-14+/t19-/m0/s1. The molecule has 1 atom stereocenters. The highest BCUT2D eigenvalue weighted by molar-refractivity contribution is 8.15. The number of primary sulfonamides is 1. The highest BCUT2D eigenvalue weighted by Crippen LogP contribution is 2.21. The van der Waals surface area contributed by atoms with Crippen molar-refractivity contribution in [2.75, 3.05) is 13.7 Å². The molecule has 2 aromatic rings. The Hall–Kier alpha value is -3.22. The van der Waals surface area contributed by atoms with Gasteiger partial charge in [-0.3, -0.25) is 9.59 Å². The molecule has 0 bridgehead atoms. The number of hydrogen-bond acceptors (Lipinski definition) is 8. The van der Waals surface area contributed by atoms with Crippen LogP contribution in [0.4, 0.5) is 0 Å². The zero-order valence-corrected chi connectivity index (χ0v) is 20.3. The van der Waals surface area contributed by atoms with Crippen molar-refractivity contribution in [1.29, 1.82) is 0 Å². The molecule has 34 heavy (non-hydrogen) atoms. The maximum absolute atomic E-state index is 12.6. The Labute approximate surface area is 202 Å². The fourth-order valence-electron chi connectivity index (χ4n) is 3.04. The Morgan fingerprint density at radius 2 is 1.88 bits per heavy atom. The van der Waals surface area contributed by atoms with E-state index in [1.807, 2.05) is 24.3 Å². The number of ether oxygens (including phenoxy) is 1. The molecule has 1 aliphatic rings. The molecule has 12 heteroatoms. The van der Waals surface area contributed by atoms with Crippen LogP contribution in [-0.4, -0.2) is 50.0 Å². The lowest BCUT2D eigenvalue weighted by atomic mass is 10.1. The predicted octanol–water partition coefficient (Wildman–Crippen LogP) is 1.40. The SMILES string of the molecule is COc1ccc(/C(C)=N/N=C2\NC(=O)C[C@@H](C(=O)NCCc3ccc(S(N)(=O)=O)cc3)S2)cc1. The quantitative estimate of drug-likeness (QED) is 0.366. The second kappa shape index (κ2) is 11.3. The van der Waals surface area contributed by atoms with E-state index in [0.717, 1.165) is 28.6 Å². The highest BCUT2D eigenvalue weighted by atomic mass is 32.2. The molecule has 1 heterocycles. The molecule has 1 aliphatic heterocycles. The van der Waals surface area contributed by atoms with Gasteiger partial charge < -0.3 is 15.4 Å². The number of thioether (sulfide) groups is 1. The van der Waals surface area contributed by atoms with Gasteiger partial charge in [0.15, 0.2) is 5.17 Å². The number of nitrogens with one attached hydrogen (secondary N) is 2. The van der Waals surface area contributed by atoms with Gasteiger partial charge in [-0.2, -0.15) is 5.10 Å². The third-order valence-electron chi connectivity index (χ3n) is 4.93. The Balaban J connectivity index is 1.56. The molecule has 3 rings (SSSR count). The number of nitrogens with zero attached hydrogens (tertiary/aromatic N) is 2. The molecule has 180 valence electrons. The van der Waals surface area contributed by atoms with Gasteiger partial charge in [-0.25, -0.2) is 13.6 Å². The van der Waals surface area contributed by atoms with E-state index in [4.69, 9.17) is 9.88 Å². The lowest BCUT2D eigenvalue weighted by Crippen LogP contribution is -2.44. The molecule has 4 N–H and O–H groups in total. The van der Waals surface area contributed by atoms with Crippen LogP contribution < -0.4 is 20.5 Å². The largest absolute Gasteiger partial charge is 0.497 e. The monoisotopic (exact) mass is 503 g/mol. The number of nitrogens with two attached hydrogens (primary N) is 1. The second-order valence-electron chi connectivity index (χ2n) is 7.41. The number of methoxy groups -OCH3 is 1. The Morgan fingerprint density at radius 3 is 2.50 bits per heavy atom. The summed E-state index contributed by atoms with van der Waals surface area (Å²) < 4.78 is 27.8. The van der Waals surface area contributed by atoms with Crippen molar-refractivity contribution < 1.29 is 22.7 Å². The molecular formula is C22H25N5O5S2. The molecule has 0 saturated carbocycles. The third kappa shape index (κ3) is 7.14. The van der Waals surface area contributed by atoms with Crippen LogP contribution in [0.15, 0.2) is 63.6 Å². The minimum atomic E-state index is -3.74. The summed E-state index contributed by atoms with van der Waals surface area (Å²) >= 11 is 1.14. The summed E-state index contributed by atoms with van der Waals surface area (Å²) in [5.74, 6) is 0.130. The van der Waals surface area contributed by atoms with E-state index in [1.54, 1.807) is 26.2 Å². The molecule has 0 aliphatic carbocycles. The van der Waals surface area contributed by atoms with Crippen molar-refractivity contribution >= 4 is 44.5 Å². The van der Waals surface area contributed by atoms with E-state index in [9.17, 15) is 18.0 Å². The summed E-state index contributed by atoms with van der Waals surface area (Å²) in [4.78, 5) is 24.7. The van der Waals surface area contributed by atoms with E-state index in [0.29, 0.717) is 18.7 Å². The van der Waals surface area contributed by atoms with E-state index in [2.05, 4.69) is 20.8 Å². The molecule has 10 nitrogen and oxygen atoms in total. The summed E-state index contributed by atoms with van der Waals surface area (Å²) in [6.07, 6.45) is 0.520. The van der Waals surface area contributed by atoms with Gasteiger partial charge in [0.2, 0.25) is 21.8 Å². The van der Waals surface area contributed by atoms with E-state index < -0.39 is 15.3 Å². The highest BCUT2D eigenvalue weighted by Gasteiger charge is 2.30. The summed E-state index contributed by atoms with van der Waals surface area (Å²) in [7, 11) is -2.15. The van der Waals surface area contributed by atoms with Crippen molar-refractivity contribution in [2.24, 2.45) is 15.3 Å². The summed E-state index contributed by atoms with van der Waals surface area (Å²) in [5.41, 5.74) is 2.33. The van der Waals surface area contributed by atoms with Crippen molar-refractivity contribution in [3.05, 3.63) is 59.7 Å². The zero-order chi connectivity index (χ0) is 24.7. The summed E-state index contributed by atoms with van der Waals surface area (Å²) in [5, 5.41) is 18.4. The van der Waals surface area contributed by atoms with Gasteiger partial charge in [0.25, 0.3) is 0 Å². The number of rotatable bonds is 8. The smallest absolute Gasteiger partial charge is 0.238 e. The minimum absolute atomic E-state index is 0.0275. The van der Waals surface area contributed by atoms with Gasteiger partial charge in [-0.1, -0.05) is 23.9 Å². The van der Waals surface area contributed by atoms with Crippen molar-refractivity contribution in [3.63, 3.8) is 0 Å². The van der Waals surface area contributed by atoms with Gasteiger partial charge >= 0.3 is 0 Å². The number of amides is 2. The van der Waals surface area contributed by atoms with Crippen LogP contribution in [0.2, 0.25) is 0 Å². The molecular weight excluding hydrogens is 478 g/mol. The van der Waals surface area contributed by atoms with Crippen LogP contribution in [-0.2, 0) is 26.0 Å². The fourth-order valence-corrected chi connectivity index (χ4v) is 4.51. The first-order valence-corrected chi connectivity index (χ1v) is 12.7. The second-order valence-corrected chi connectivity index (χ2v) is 10.2. The number of sulfonamides is 1. The number of carbonyl (C=O) groups is 2. The van der Waals surface area contributed by atoms with Gasteiger partial charge in [-0.05, 0) is 60.9 Å². The topological polar surface area (TPSA) is 152 Å². The number of carbonyl (C=O) groups excluding carboxylic acids is 2. The number of benzene rings is 2. The van der Waals surface area contributed by atoms with E-state index >= 15 is 0 Å². The lowest BCUT2D eigenvalue weighted by Gasteiger charge is -2.21. The first-order valence-electron chi connectivity index (χ1n) is 10.3. The number of amidine groups is 1. The third-order valence-corrected chi connectivity index (χ3v) is 6.93. The van der Waals surface area contributed by atoms with Crippen molar-refractivity contribution in [1.82, 2.24) is 10.6 Å². The Kier molecular flexibility index (Phi) is 8.42. The van der Waals surface area contributed by atoms with Gasteiger partial charge in [0.05, 0.1) is 23.0 Å². The lowest BCUT2D eigenvalue weighted by molar-refractivity contribution is -0.125. The molecule has 1 saturated heterocycles. The minimum Gasteiger partial charge on any atom is -0.497 e. The van der Waals surface area contributed by atoms with Crippen LogP contribution in [0, 0.1) is 0 Å².